The largest absolute Gasteiger partial charge is 0.478 e. The van der Waals surface area contributed by atoms with E-state index in [0.717, 1.165) is 12.8 Å². The van der Waals surface area contributed by atoms with Gasteiger partial charge in [-0.15, -0.1) is 0 Å². The number of nitrogens with zero attached hydrogens (tertiary/aromatic N) is 1. The zero-order valence-electron chi connectivity index (χ0n) is 11.8. The lowest BCUT2D eigenvalue weighted by Crippen LogP contribution is -2.46. The molecule has 2 unspecified atom stereocenters. The molecule has 0 bridgehead atoms. The Morgan fingerprint density at radius 2 is 2.00 bits per heavy atom. The molecule has 5 nitrogen and oxygen atoms in total. The van der Waals surface area contributed by atoms with Gasteiger partial charge in [-0.25, -0.2) is 9.59 Å². The number of amides is 2. The van der Waals surface area contributed by atoms with E-state index in [4.69, 9.17) is 5.11 Å². The number of aromatic carboxylic acids is 1. The summed E-state index contributed by atoms with van der Waals surface area (Å²) in [6, 6.07) is 6.40. The van der Waals surface area contributed by atoms with Crippen LogP contribution in [0.1, 0.15) is 37.0 Å². The van der Waals surface area contributed by atoms with E-state index in [1.54, 1.807) is 23.1 Å². The Morgan fingerprint density at radius 3 is 2.65 bits per heavy atom. The van der Waals surface area contributed by atoms with Gasteiger partial charge in [-0.1, -0.05) is 19.1 Å². The highest BCUT2D eigenvalue weighted by molar-refractivity contribution is 6.00. The molecule has 1 saturated heterocycles. The smallest absolute Gasteiger partial charge is 0.337 e. The van der Waals surface area contributed by atoms with E-state index in [0.29, 0.717) is 18.2 Å². The van der Waals surface area contributed by atoms with Crippen LogP contribution in [0.15, 0.2) is 24.3 Å². The van der Waals surface area contributed by atoms with Crippen LogP contribution < -0.4 is 5.32 Å². The van der Waals surface area contributed by atoms with Crippen LogP contribution >= 0.6 is 0 Å². The maximum Gasteiger partial charge on any atom is 0.337 e. The quantitative estimate of drug-likeness (QED) is 0.872. The maximum atomic E-state index is 12.3. The SMILES string of the molecule is CC1CCN(C(=O)Nc2ccccc2C(=O)O)C(C)C1. The van der Waals surface area contributed by atoms with E-state index in [-0.39, 0.29) is 17.6 Å². The van der Waals surface area contributed by atoms with Gasteiger partial charge in [-0.2, -0.15) is 0 Å². The molecule has 0 saturated carbocycles. The summed E-state index contributed by atoms with van der Waals surface area (Å²) in [4.78, 5) is 25.2. The topological polar surface area (TPSA) is 69.6 Å². The lowest BCUT2D eigenvalue weighted by atomic mass is 9.94. The average molecular weight is 276 g/mol. The van der Waals surface area contributed by atoms with Gasteiger partial charge in [0.15, 0.2) is 0 Å². The highest BCUT2D eigenvalue weighted by Gasteiger charge is 2.27. The molecule has 2 atom stereocenters. The Bertz CT molecular complexity index is 516. The van der Waals surface area contributed by atoms with E-state index in [1.807, 2.05) is 6.92 Å². The summed E-state index contributed by atoms with van der Waals surface area (Å²) >= 11 is 0. The van der Waals surface area contributed by atoms with Crippen molar-refractivity contribution in [3.63, 3.8) is 0 Å². The molecule has 2 rings (SSSR count). The summed E-state index contributed by atoms with van der Waals surface area (Å²) in [5.74, 6) is -0.415. The Labute approximate surface area is 118 Å². The number of rotatable bonds is 2. The van der Waals surface area contributed by atoms with Gasteiger partial charge in [0.1, 0.15) is 0 Å². The number of carbonyl (C=O) groups is 2. The molecule has 5 heteroatoms. The van der Waals surface area contributed by atoms with Crippen LogP contribution in [-0.4, -0.2) is 34.6 Å². The van der Waals surface area contributed by atoms with Crippen LogP contribution in [0, 0.1) is 5.92 Å². The Balaban J connectivity index is 2.10. The fourth-order valence-electron chi connectivity index (χ4n) is 2.67. The predicted octanol–water partition coefficient (Wildman–Crippen LogP) is 3.04. The minimum absolute atomic E-state index is 0.110. The highest BCUT2D eigenvalue weighted by Crippen LogP contribution is 2.23. The van der Waals surface area contributed by atoms with E-state index in [2.05, 4.69) is 12.2 Å². The third-order valence-corrected chi connectivity index (χ3v) is 3.80. The van der Waals surface area contributed by atoms with E-state index < -0.39 is 5.97 Å². The normalized spacial score (nSPS) is 22.4. The third kappa shape index (κ3) is 3.10. The molecule has 1 aromatic carbocycles. The van der Waals surface area contributed by atoms with Crippen LogP contribution in [0.4, 0.5) is 10.5 Å². The minimum atomic E-state index is -1.04. The van der Waals surface area contributed by atoms with Gasteiger partial charge in [-0.05, 0) is 37.8 Å². The van der Waals surface area contributed by atoms with Crippen molar-refractivity contribution in [1.82, 2.24) is 4.90 Å². The van der Waals surface area contributed by atoms with Gasteiger partial charge in [-0.3, -0.25) is 0 Å². The molecule has 20 heavy (non-hydrogen) atoms. The molecular formula is C15H20N2O3. The molecule has 1 aromatic rings. The van der Waals surface area contributed by atoms with Crippen molar-refractivity contribution in [2.24, 2.45) is 5.92 Å². The van der Waals surface area contributed by atoms with Crippen LogP contribution in [-0.2, 0) is 0 Å². The number of likely N-dealkylation sites (tertiary alicyclic amines) is 1. The number of hydrogen-bond acceptors (Lipinski definition) is 2. The summed E-state index contributed by atoms with van der Waals surface area (Å²) in [5.41, 5.74) is 0.453. The second-order valence-electron chi connectivity index (χ2n) is 5.45. The number of carbonyl (C=O) groups excluding carboxylic acids is 1. The Morgan fingerprint density at radius 1 is 1.30 bits per heavy atom. The van der Waals surface area contributed by atoms with Gasteiger partial charge >= 0.3 is 12.0 Å². The van der Waals surface area contributed by atoms with Crippen LogP contribution in [0.25, 0.3) is 0 Å². The first kappa shape index (κ1) is 14.4. The Kier molecular flexibility index (Phi) is 4.27. The molecule has 0 aliphatic carbocycles. The first-order valence-corrected chi connectivity index (χ1v) is 6.89. The van der Waals surface area contributed by atoms with Crippen molar-refractivity contribution in [3.8, 4) is 0 Å². The fraction of sp³-hybridized carbons (Fsp3) is 0.467. The highest BCUT2D eigenvalue weighted by atomic mass is 16.4. The first-order chi connectivity index (χ1) is 9.49. The third-order valence-electron chi connectivity index (χ3n) is 3.80. The summed E-state index contributed by atoms with van der Waals surface area (Å²) in [6.07, 6.45) is 1.96. The molecule has 1 heterocycles. The molecule has 0 radical (unpaired) electrons. The average Bonchev–Trinajstić information content (AvgIpc) is 2.38. The van der Waals surface area contributed by atoms with E-state index in [9.17, 15) is 9.59 Å². The van der Waals surface area contributed by atoms with Gasteiger partial charge < -0.3 is 15.3 Å². The molecule has 1 aliphatic rings. The molecule has 1 aliphatic heterocycles. The van der Waals surface area contributed by atoms with Crippen LogP contribution in [0.2, 0.25) is 0 Å². The standard InChI is InChI=1S/C15H20N2O3/c1-10-7-8-17(11(2)9-10)15(20)16-13-6-4-3-5-12(13)14(18)19/h3-6,10-11H,7-9H2,1-2H3,(H,16,20)(H,18,19). The molecule has 0 spiro atoms. The van der Waals surface area contributed by atoms with E-state index >= 15 is 0 Å². The number of piperidine rings is 1. The number of urea groups is 1. The zero-order valence-corrected chi connectivity index (χ0v) is 11.8. The van der Waals surface area contributed by atoms with Gasteiger partial charge in [0.2, 0.25) is 0 Å². The van der Waals surface area contributed by atoms with Crippen molar-refractivity contribution in [3.05, 3.63) is 29.8 Å². The summed E-state index contributed by atoms with van der Waals surface area (Å²) in [6.45, 7) is 4.92. The second-order valence-corrected chi connectivity index (χ2v) is 5.45. The second kappa shape index (κ2) is 5.94. The number of benzene rings is 1. The molecule has 1 fully saturated rings. The lowest BCUT2D eigenvalue weighted by molar-refractivity contribution is 0.0698. The van der Waals surface area contributed by atoms with E-state index in [1.165, 1.54) is 6.07 Å². The number of hydrogen-bond donors (Lipinski definition) is 2. The van der Waals surface area contributed by atoms with Gasteiger partial charge in [0.25, 0.3) is 0 Å². The van der Waals surface area contributed by atoms with Gasteiger partial charge in [0.05, 0.1) is 11.3 Å². The van der Waals surface area contributed by atoms with Crippen LogP contribution in [0.5, 0.6) is 0 Å². The first-order valence-electron chi connectivity index (χ1n) is 6.89. The van der Waals surface area contributed by atoms with Gasteiger partial charge in [0, 0.05) is 12.6 Å². The Hall–Kier alpha value is -2.04. The summed E-state index contributed by atoms with van der Waals surface area (Å²) in [7, 11) is 0. The zero-order chi connectivity index (χ0) is 14.7. The summed E-state index contributed by atoms with van der Waals surface area (Å²) in [5, 5.41) is 11.8. The lowest BCUT2D eigenvalue weighted by Gasteiger charge is -2.36. The van der Waals surface area contributed by atoms with Crippen molar-refractivity contribution in [1.29, 1.82) is 0 Å². The molecular weight excluding hydrogens is 256 g/mol. The van der Waals surface area contributed by atoms with Crippen LogP contribution in [0.3, 0.4) is 0 Å². The minimum Gasteiger partial charge on any atom is -0.478 e. The number of anilines is 1. The monoisotopic (exact) mass is 276 g/mol. The molecule has 2 N–H and O–H groups in total. The van der Waals surface area contributed by atoms with Crippen molar-refractivity contribution < 1.29 is 14.7 Å². The maximum absolute atomic E-state index is 12.3. The number of para-hydroxylation sites is 1. The summed E-state index contributed by atoms with van der Waals surface area (Å²) < 4.78 is 0. The number of carboxylic acid groups (broad SMARTS) is 1. The fourth-order valence-corrected chi connectivity index (χ4v) is 2.67. The van der Waals surface area contributed by atoms with Crippen molar-refractivity contribution in [2.75, 3.05) is 11.9 Å². The number of carboxylic acids is 1. The molecule has 0 aromatic heterocycles. The predicted molar refractivity (Wildman–Crippen MR) is 77.0 cm³/mol. The van der Waals surface area contributed by atoms with Crippen molar-refractivity contribution in [2.45, 2.75) is 32.7 Å². The molecule has 2 amide bonds. The van der Waals surface area contributed by atoms with Crippen molar-refractivity contribution >= 4 is 17.7 Å². The number of nitrogens with one attached hydrogen (secondary N) is 1. The molecule has 108 valence electrons.